The Morgan fingerprint density at radius 2 is 1.72 bits per heavy atom. The van der Waals surface area contributed by atoms with E-state index in [0.717, 1.165) is 25.3 Å². The number of carbonyl (C=O) groups is 1. The summed E-state index contributed by atoms with van der Waals surface area (Å²) in [6.07, 6.45) is 0. The van der Waals surface area contributed by atoms with Gasteiger partial charge in [-0.05, 0) is 55.1 Å². The number of anilines is 1. The second kappa shape index (κ2) is 9.25. The zero-order valence-electron chi connectivity index (χ0n) is 14.4. The summed E-state index contributed by atoms with van der Waals surface area (Å²) in [5.74, 6) is -1.16. The molecule has 0 heterocycles. The quantitative estimate of drug-likeness (QED) is 0.770. The van der Waals surface area contributed by atoms with Gasteiger partial charge in [-0.2, -0.15) is 0 Å². The summed E-state index contributed by atoms with van der Waals surface area (Å²) in [6.45, 7) is 7.17. The fourth-order valence-corrected chi connectivity index (χ4v) is 2.59. The molecule has 0 saturated heterocycles. The SMILES string of the molecule is CCN(CC)Cc1ccc(NC(=S)NC(=O)c2ccccc2F)cc1. The van der Waals surface area contributed by atoms with Crippen LogP contribution in [-0.4, -0.2) is 29.0 Å². The van der Waals surface area contributed by atoms with Crippen LogP contribution >= 0.6 is 12.2 Å². The van der Waals surface area contributed by atoms with Gasteiger partial charge in [0.05, 0.1) is 5.56 Å². The second-order valence-electron chi connectivity index (χ2n) is 5.55. The summed E-state index contributed by atoms with van der Waals surface area (Å²) in [5.41, 5.74) is 1.93. The molecule has 0 aliphatic heterocycles. The number of amides is 1. The molecule has 25 heavy (non-hydrogen) atoms. The van der Waals surface area contributed by atoms with Crippen molar-refractivity contribution in [1.29, 1.82) is 0 Å². The van der Waals surface area contributed by atoms with Crippen LogP contribution in [0.3, 0.4) is 0 Å². The van der Waals surface area contributed by atoms with Gasteiger partial charge in [0.1, 0.15) is 5.82 Å². The molecule has 0 radical (unpaired) electrons. The van der Waals surface area contributed by atoms with E-state index in [1.807, 2.05) is 24.3 Å². The molecule has 4 nitrogen and oxygen atoms in total. The Morgan fingerprint density at radius 1 is 1.08 bits per heavy atom. The second-order valence-corrected chi connectivity index (χ2v) is 5.95. The van der Waals surface area contributed by atoms with E-state index in [1.165, 1.54) is 23.8 Å². The van der Waals surface area contributed by atoms with Crippen molar-refractivity contribution in [2.75, 3.05) is 18.4 Å². The lowest BCUT2D eigenvalue weighted by molar-refractivity contribution is 0.0974. The number of thiocarbonyl (C=S) groups is 1. The van der Waals surface area contributed by atoms with Crippen LogP contribution in [0.25, 0.3) is 0 Å². The van der Waals surface area contributed by atoms with Gasteiger partial charge in [0.2, 0.25) is 0 Å². The van der Waals surface area contributed by atoms with E-state index in [4.69, 9.17) is 12.2 Å². The number of benzene rings is 2. The highest BCUT2D eigenvalue weighted by atomic mass is 32.1. The highest BCUT2D eigenvalue weighted by Gasteiger charge is 2.12. The number of nitrogens with zero attached hydrogens (tertiary/aromatic N) is 1. The van der Waals surface area contributed by atoms with Crippen molar-refractivity contribution >= 4 is 28.9 Å². The number of halogens is 1. The molecule has 0 aliphatic rings. The Balaban J connectivity index is 1.92. The van der Waals surface area contributed by atoms with Crippen LogP contribution in [0.5, 0.6) is 0 Å². The molecule has 0 aromatic heterocycles. The highest BCUT2D eigenvalue weighted by molar-refractivity contribution is 7.80. The molecule has 0 atom stereocenters. The van der Waals surface area contributed by atoms with Crippen LogP contribution in [-0.2, 0) is 6.54 Å². The Bertz CT molecular complexity index is 730. The summed E-state index contributed by atoms with van der Waals surface area (Å²) >= 11 is 5.12. The van der Waals surface area contributed by atoms with Crippen LogP contribution in [0, 0.1) is 5.82 Å². The van der Waals surface area contributed by atoms with Crippen LogP contribution in [0.1, 0.15) is 29.8 Å². The lowest BCUT2D eigenvalue weighted by Gasteiger charge is -2.18. The molecular weight excluding hydrogens is 337 g/mol. The van der Waals surface area contributed by atoms with Crippen molar-refractivity contribution in [1.82, 2.24) is 10.2 Å². The minimum atomic E-state index is -0.580. The van der Waals surface area contributed by atoms with E-state index < -0.39 is 11.7 Å². The first-order chi connectivity index (χ1) is 12.0. The minimum Gasteiger partial charge on any atom is -0.332 e. The molecule has 2 aromatic rings. The fourth-order valence-electron chi connectivity index (χ4n) is 2.38. The molecule has 2 N–H and O–H groups in total. The molecule has 0 bridgehead atoms. The van der Waals surface area contributed by atoms with Crippen molar-refractivity contribution < 1.29 is 9.18 Å². The third-order valence-electron chi connectivity index (χ3n) is 3.86. The molecule has 1 amide bonds. The highest BCUT2D eigenvalue weighted by Crippen LogP contribution is 2.12. The van der Waals surface area contributed by atoms with Crippen molar-refractivity contribution in [2.24, 2.45) is 0 Å². The number of hydrogen-bond donors (Lipinski definition) is 2. The number of hydrogen-bond acceptors (Lipinski definition) is 3. The molecule has 6 heteroatoms. The molecule has 0 saturated carbocycles. The molecule has 2 aromatic carbocycles. The van der Waals surface area contributed by atoms with Crippen LogP contribution in [0.15, 0.2) is 48.5 Å². The van der Waals surface area contributed by atoms with Gasteiger partial charge >= 0.3 is 0 Å². The van der Waals surface area contributed by atoms with Crippen molar-refractivity contribution in [3.05, 3.63) is 65.5 Å². The largest absolute Gasteiger partial charge is 0.332 e. The molecule has 0 spiro atoms. The minimum absolute atomic E-state index is 0.0405. The van der Waals surface area contributed by atoms with E-state index in [-0.39, 0.29) is 10.7 Å². The predicted molar refractivity (Wildman–Crippen MR) is 103 cm³/mol. The number of carbonyl (C=O) groups excluding carboxylic acids is 1. The van der Waals surface area contributed by atoms with Gasteiger partial charge in [0, 0.05) is 12.2 Å². The maximum absolute atomic E-state index is 13.6. The van der Waals surface area contributed by atoms with Gasteiger partial charge in [-0.3, -0.25) is 15.0 Å². The zero-order valence-corrected chi connectivity index (χ0v) is 15.2. The smallest absolute Gasteiger partial charge is 0.260 e. The van der Waals surface area contributed by atoms with Crippen LogP contribution < -0.4 is 10.6 Å². The van der Waals surface area contributed by atoms with E-state index in [9.17, 15) is 9.18 Å². The van der Waals surface area contributed by atoms with Gasteiger partial charge in [0.15, 0.2) is 5.11 Å². The van der Waals surface area contributed by atoms with Gasteiger partial charge in [0.25, 0.3) is 5.91 Å². The molecule has 0 unspecified atom stereocenters. The Morgan fingerprint density at radius 3 is 2.32 bits per heavy atom. The van der Waals surface area contributed by atoms with E-state index in [0.29, 0.717) is 0 Å². The number of nitrogens with one attached hydrogen (secondary N) is 2. The topological polar surface area (TPSA) is 44.4 Å². The predicted octanol–water partition coefficient (Wildman–Crippen LogP) is 3.79. The fraction of sp³-hybridized carbons (Fsp3) is 0.263. The van der Waals surface area contributed by atoms with Gasteiger partial charge in [-0.15, -0.1) is 0 Å². The summed E-state index contributed by atoms with van der Waals surface area (Å²) in [5, 5.41) is 5.55. The van der Waals surface area contributed by atoms with Crippen molar-refractivity contribution in [2.45, 2.75) is 20.4 Å². The summed E-state index contributed by atoms with van der Waals surface area (Å²) in [6, 6.07) is 13.6. The third kappa shape index (κ3) is 5.62. The lowest BCUT2D eigenvalue weighted by Crippen LogP contribution is -2.34. The first kappa shape index (κ1) is 19.0. The Labute approximate surface area is 153 Å². The summed E-state index contributed by atoms with van der Waals surface area (Å²) in [7, 11) is 0. The number of rotatable bonds is 6. The van der Waals surface area contributed by atoms with Gasteiger partial charge < -0.3 is 5.32 Å². The average Bonchev–Trinajstić information content (AvgIpc) is 2.61. The van der Waals surface area contributed by atoms with E-state index in [1.54, 1.807) is 6.07 Å². The molecular formula is C19H22FN3OS. The average molecular weight is 359 g/mol. The zero-order chi connectivity index (χ0) is 18.2. The molecule has 2 rings (SSSR count). The van der Waals surface area contributed by atoms with Crippen LogP contribution in [0.2, 0.25) is 0 Å². The lowest BCUT2D eigenvalue weighted by atomic mass is 10.2. The molecule has 0 fully saturated rings. The van der Waals surface area contributed by atoms with E-state index in [2.05, 4.69) is 29.4 Å². The standard InChI is InChI=1S/C19H22FN3OS/c1-3-23(4-2)13-14-9-11-15(12-10-14)21-19(25)22-18(24)16-7-5-6-8-17(16)20/h5-12H,3-4,13H2,1-2H3,(H2,21,22,24,25). The first-order valence-electron chi connectivity index (χ1n) is 8.21. The Kier molecular flexibility index (Phi) is 7.03. The first-order valence-corrected chi connectivity index (χ1v) is 8.62. The molecule has 132 valence electrons. The van der Waals surface area contributed by atoms with Gasteiger partial charge in [-0.1, -0.05) is 38.1 Å². The maximum Gasteiger partial charge on any atom is 0.260 e. The van der Waals surface area contributed by atoms with Crippen molar-refractivity contribution in [3.63, 3.8) is 0 Å². The summed E-state index contributed by atoms with van der Waals surface area (Å²) < 4.78 is 13.6. The normalized spacial score (nSPS) is 10.6. The van der Waals surface area contributed by atoms with Crippen LogP contribution in [0.4, 0.5) is 10.1 Å². The van der Waals surface area contributed by atoms with Gasteiger partial charge in [-0.25, -0.2) is 4.39 Å². The molecule has 0 aliphatic carbocycles. The van der Waals surface area contributed by atoms with Crippen molar-refractivity contribution in [3.8, 4) is 0 Å². The monoisotopic (exact) mass is 359 g/mol. The third-order valence-corrected chi connectivity index (χ3v) is 4.06. The maximum atomic E-state index is 13.6. The van der Waals surface area contributed by atoms with E-state index >= 15 is 0 Å². The Hall–Kier alpha value is -2.31. The summed E-state index contributed by atoms with van der Waals surface area (Å²) in [4.78, 5) is 14.3.